The molecule has 1 aromatic carbocycles. The normalized spacial score (nSPS) is 11.3. The first-order valence-electron chi connectivity index (χ1n) is 7.45. The van der Waals surface area contributed by atoms with E-state index < -0.39 is 0 Å². The Hall–Kier alpha value is -1.85. The molecule has 2 heterocycles. The number of thiazole rings is 1. The zero-order chi connectivity index (χ0) is 16.6. The minimum Gasteiger partial charge on any atom is -0.363 e. The number of aromatic nitrogens is 2. The smallest absolute Gasteiger partial charge is 0.258 e. The molecule has 0 aliphatic carbocycles. The molecule has 2 aromatic heterocycles. The van der Waals surface area contributed by atoms with Crippen LogP contribution in [-0.4, -0.2) is 15.4 Å². The van der Waals surface area contributed by atoms with E-state index in [2.05, 4.69) is 23.7 Å². The van der Waals surface area contributed by atoms with Gasteiger partial charge in [-0.3, -0.25) is 9.20 Å². The molecule has 0 aliphatic heterocycles. The minimum atomic E-state index is -0.0332. The Labute approximate surface area is 144 Å². The number of rotatable bonds is 4. The molecule has 0 spiro atoms. The summed E-state index contributed by atoms with van der Waals surface area (Å²) < 4.78 is 1.60. The summed E-state index contributed by atoms with van der Waals surface area (Å²) in [6.07, 6.45) is 1.83. The van der Waals surface area contributed by atoms with Crippen LogP contribution in [0.5, 0.6) is 0 Å². The Morgan fingerprint density at radius 2 is 2.00 bits per heavy atom. The van der Waals surface area contributed by atoms with Gasteiger partial charge in [-0.25, -0.2) is 4.98 Å². The van der Waals surface area contributed by atoms with Gasteiger partial charge in [0.25, 0.3) is 5.56 Å². The third kappa shape index (κ3) is 3.41. The van der Waals surface area contributed by atoms with Crippen molar-refractivity contribution < 1.29 is 0 Å². The van der Waals surface area contributed by atoms with Crippen molar-refractivity contribution >= 4 is 33.6 Å². The van der Waals surface area contributed by atoms with Crippen LogP contribution < -0.4 is 10.5 Å². The number of halogens is 1. The molecule has 23 heavy (non-hydrogen) atoms. The SMILES string of the molecule is Cc1cn2c(=O)cc(CN(c3ccc(Cl)cc3)C(C)C)nc2s1. The summed E-state index contributed by atoms with van der Waals surface area (Å²) in [5.74, 6) is 0. The van der Waals surface area contributed by atoms with Crippen molar-refractivity contribution in [1.82, 2.24) is 9.38 Å². The van der Waals surface area contributed by atoms with Crippen molar-refractivity contribution in [3.8, 4) is 0 Å². The maximum atomic E-state index is 12.2. The number of nitrogens with zero attached hydrogens (tertiary/aromatic N) is 3. The monoisotopic (exact) mass is 347 g/mol. The van der Waals surface area contributed by atoms with Crippen LogP contribution in [0.4, 0.5) is 5.69 Å². The predicted octanol–water partition coefficient (Wildman–Crippen LogP) is 4.13. The van der Waals surface area contributed by atoms with E-state index in [1.54, 1.807) is 10.5 Å². The maximum absolute atomic E-state index is 12.2. The fraction of sp³-hybridized carbons (Fsp3) is 0.294. The maximum Gasteiger partial charge on any atom is 0.258 e. The van der Waals surface area contributed by atoms with Crippen LogP contribution in [-0.2, 0) is 6.54 Å². The molecule has 0 N–H and O–H groups in total. The van der Waals surface area contributed by atoms with Crippen molar-refractivity contribution in [1.29, 1.82) is 0 Å². The van der Waals surface area contributed by atoms with Crippen LogP contribution in [0.3, 0.4) is 0 Å². The number of hydrogen-bond donors (Lipinski definition) is 0. The molecule has 0 bridgehead atoms. The van der Waals surface area contributed by atoms with Crippen molar-refractivity contribution in [2.45, 2.75) is 33.4 Å². The lowest BCUT2D eigenvalue weighted by atomic mass is 10.2. The average molecular weight is 348 g/mol. The van der Waals surface area contributed by atoms with Gasteiger partial charge >= 0.3 is 0 Å². The summed E-state index contributed by atoms with van der Waals surface area (Å²) in [5, 5.41) is 0.712. The molecule has 0 fully saturated rings. The Morgan fingerprint density at radius 1 is 1.30 bits per heavy atom. The lowest BCUT2D eigenvalue weighted by Gasteiger charge is -2.28. The lowest BCUT2D eigenvalue weighted by Crippen LogP contribution is -2.31. The number of benzene rings is 1. The van der Waals surface area contributed by atoms with Crippen LogP contribution in [0.25, 0.3) is 4.96 Å². The van der Waals surface area contributed by atoms with Crippen LogP contribution >= 0.6 is 22.9 Å². The highest BCUT2D eigenvalue weighted by Gasteiger charge is 2.14. The second-order valence-electron chi connectivity index (χ2n) is 5.78. The Morgan fingerprint density at radius 3 is 2.65 bits per heavy atom. The third-order valence-electron chi connectivity index (χ3n) is 3.65. The molecule has 0 saturated carbocycles. The van der Waals surface area contributed by atoms with Crippen molar-refractivity contribution in [2.24, 2.45) is 0 Å². The Bertz CT molecular complexity index is 883. The first-order valence-corrected chi connectivity index (χ1v) is 8.64. The van der Waals surface area contributed by atoms with Gasteiger partial charge in [-0.15, -0.1) is 11.3 Å². The fourth-order valence-corrected chi connectivity index (χ4v) is 3.49. The molecule has 0 atom stereocenters. The Balaban J connectivity index is 1.97. The summed E-state index contributed by atoms with van der Waals surface area (Å²) in [6.45, 7) is 6.80. The quantitative estimate of drug-likeness (QED) is 0.712. The molecule has 0 radical (unpaired) electrons. The standard InChI is InChI=1S/C17H18ClN3OS/c1-11(2)20(15-6-4-13(18)5-7-15)10-14-8-16(22)21-9-12(3)23-17(21)19-14/h4-9,11H,10H2,1-3H3. The number of aryl methyl sites for hydroxylation is 1. The molecule has 4 nitrogen and oxygen atoms in total. The number of fused-ring (bicyclic) bond motifs is 1. The fourth-order valence-electron chi connectivity index (χ4n) is 2.52. The highest BCUT2D eigenvalue weighted by molar-refractivity contribution is 7.16. The van der Waals surface area contributed by atoms with Crippen LogP contribution in [0, 0.1) is 6.92 Å². The van der Waals surface area contributed by atoms with Crippen molar-refractivity contribution in [3.05, 3.63) is 62.5 Å². The van der Waals surface area contributed by atoms with Crippen molar-refractivity contribution in [3.63, 3.8) is 0 Å². The van der Waals surface area contributed by atoms with Gasteiger partial charge in [-0.2, -0.15) is 0 Å². The lowest BCUT2D eigenvalue weighted by molar-refractivity contribution is 0.673. The molecule has 0 aliphatic rings. The molecule has 0 saturated heterocycles. The molecular weight excluding hydrogens is 330 g/mol. The molecule has 0 amide bonds. The number of hydrogen-bond acceptors (Lipinski definition) is 4. The molecule has 6 heteroatoms. The molecular formula is C17H18ClN3OS. The predicted molar refractivity (Wildman–Crippen MR) is 96.8 cm³/mol. The van der Waals surface area contributed by atoms with Gasteiger partial charge in [0.05, 0.1) is 12.2 Å². The van der Waals surface area contributed by atoms with E-state index in [1.165, 1.54) is 11.3 Å². The topological polar surface area (TPSA) is 37.6 Å². The molecule has 3 aromatic rings. The van der Waals surface area contributed by atoms with E-state index in [0.29, 0.717) is 11.6 Å². The van der Waals surface area contributed by atoms with Gasteiger partial charge in [0, 0.05) is 33.9 Å². The Kier molecular flexibility index (Phi) is 4.41. The summed E-state index contributed by atoms with van der Waals surface area (Å²) in [6, 6.07) is 9.62. The molecule has 3 rings (SSSR count). The van der Waals surface area contributed by atoms with E-state index in [4.69, 9.17) is 11.6 Å². The first kappa shape index (κ1) is 16.0. The average Bonchev–Trinajstić information content (AvgIpc) is 2.87. The van der Waals surface area contributed by atoms with E-state index in [0.717, 1.165) is 21.2 Å². The summed E-state index contributed by atoms with van der Waals surface area (Å²) in [5.41, 5.74) is 1.81. The highest BCUT2D eigenvalue weighted by Crippen LogP contribution is 2.22. The second-order valence-corrected chi connectivity index (χ2v) is 7.43. The van der Waals surface area contributed by atoms with Gasteiger partial charge in [-0.05, 0) is 45.0 Å². The van der Waals surface area contributed by atoms with Gasteiger partial charge in [0.1, 0.15) is 0 Å². The van der Waals surface area contributed by atoms with Gasteiger partial charge in [-0.1, -0.05) is 11.6 Å². The van der Waals surface area contributed by atoms with E-state index in [1.807, 2.05) is 37.4 Å². The van der Waals surface area contributed by atoms with Crippen LogP contribution in [0.15, 0.2) is 41.3 Å². The van der Waals surface area contributed by atoms with E-state index >= 15 is 0 Å². The van der Waals surface area contributed by atoms with Gasteiger partial charge in [0.2, 0.25) is 0 Å². The highest BCUT2D eigenvalue weighted by atomic mass is 35.5. The second kappa shape index (κ2) is 6.34. The molecule has 0 unspecified atom stereocenters. The van der Waals surface area contributed by atoms with E-state index in [-0.39, 0.29) is 11.6 Å². The number of anilines is 1. The van der Waals surface area contributed by atoms with Crippen LogP contribution in [0.1, 0.15) is 24.4 Å². The molecule has 120 valence electrons. The summed E-state index contributed by atoms with van der Waals surface area (Å²) in [7, 11) is 0. The zero-order valence-electron chi connectivity index (χ0n) is 13.3. The van der Waals surface area contributed by atoms with Gasteiger partial charge < -0.3 is 4.90 Å². The summed E-state index contributed by atoms with van der Waals surface area (Å²) >= 11 is 7.50. The van der Waals surface area contributed by atoms with Gasteiger partial charge in [0.15, 0.2) is 4.96 Å². The zero-order valence-corrected chi connectivity index (χ0v) is 14.9. The summed E-state index contributed by atoms with van der Waals surface area (Å²) in [4.78, 5) is 20.9. The first-order chi connectivity index (χ1) is 10.9. The van der Waals surface area contributed by atoms with Crippen LogP contribution in [0.2, 0.25) is 5.02 Å². The minimum absolute atomic E-state index is 0.0332. The van der Waals surface area contributed by atoms with Crippen molar-refractivity contribution in [2.75, 3.05) is 4.90 Å². The third-order valence-corrected chi connectivity index (χ3v) is 4.80. The largest absolute Gasteiger partial charge is 0.363 e. The van der Waals surface area contributed by atoms with E-state index in [9.17, 15) is 4.79 Å².